The van der Waals surface area contributed by atoms with Gasteiger partial charge >= 0.3 is 6.03 Å². The van der Waals surface area contributed by atoms with Crippen LogP contribution in [-0.4, -0.2) is 24.7 Å². The van der Waals surface area contributed by atoms with Gasteiger partial charge in [-0.1, -0.05) is 30.3 Å². The first-order chi connectivity index (χ1) is 12.7. The third-order valence-electron chi connectivity index (χ3n) is 3.93. The average molecular weight is 367 g/mol. The normalized spacial score (nSPS) is 10.4. The van der Waals surface area contributed by atoms with Crippen LogP contribution in [0.15, 0.2) is 53.9 Å². The van der Waals surface area contributed by atoms with E-state index in [9.17, 15) is 4.79 Å². The standard InChI is InChI=1S/C20H21N3O2S/c1-14-22-19(13-26-14)17-5-3-4-6-18(17)23-20(24)21-12-11-15-7-9-16(25-2)10-8-15/h3-10,13H,11-12H2,1-2H3,(H2,21,23,24). The Hall–Kier alpha value is -2.86. The summed E-state index contributed by atoms with van der Waals surface area (Å²) in [4.78, 5) is 16.7. The molecule has 3 rings (SSSR count). The molecule has 26 heavy (non-hydrogen) atoms. The number of anilines is 1. The van der Waals surface area contributed by atoms with Crippen LogP contribution >= 0.6 is 11.3 Å². The molecule has 0 spiro atoms. The quantitative estimate of drug-likeness (QED) is 0.675. The lowest BCUT2D eigenvalue weighted by molar-refractivity contribution is 0.252. The summed E-state index contributed by atoms with van der Waals surface area (Å²) >= 11 is 1.59. The SMILES string of the molecule is COc1ccc(CCNC(=O)Nc2ccccc2-c2csc(C)n2)cc1. The number of para-hydroxylation sites is 1. The predicted octanol–water partition coefficient (Wildman–Crippen LogP) is 4.49. The minimum Gasteiger partial charge on any atom is -0.497 e. The molecule has 0 saturated carbocycles. The molecule has 0 aliphatic heterocycles. The van der Waals surface area contributed by atoms with Crippen molar-refractivity contribution in [2.24, 2.45) is 0 Å². The third kappa shape index (κ3) is 4.61. The van der Waals surface area contributed by atoms with Gasteiger partial charge in [0.25, 0.3) is 0 Å². The molecule has 2 aromatic carbocycles. The van der Waals surface area contributed by atoms with Gasteiger partial charge in [-0.15, -0.1) is 11.3 Å². The summed E-state index contributed by atoms with van der Waals surface area (Å²) in [5, 5.41) is 8.81. The Labute approximate surface area is 157 Å². The topological polar surface area (TPSA) is 63.2 Å². The number of amides is 2. The highest BCUT2D eigenvalue weighted by atomic mass is 32.1. The fourth-order valence-electron chi connectivity index (χ4n) is 2.58. The van der Waals surface area contributed by atoms with Gasteiger partial charge in [-0.25, -0.2) is 9.78 Å². The highest BCUT2D eigenvalue weighted by molar-refractivity contribution is 7.09. The number of ether oxygens (including phenoxy) is 1. The zero-order chi connectivity index (χ0) is 18.4. The van der Waals surface area contributed by atoms with Crippen LogP contribution in [0, 0.1) is 6.92 Å². The summed E-state index contributed by atoms with van der Waals surface area (Å²) in [7, 11) is 1.64. The average Bonchev–Trinajstić information content (AvgIpc) is 3.09. The van der Waals surface area contributed by atoms with E-state index in [0.717, 1.165) is 39.7 Å². The van der Waals surface area contributed by atoms with Gasteiger partial charge in [0.2, 0.25) is 0 Å². The number of carbonyl (C=O) groups is 1. The molecule has 0 unspecified atom stereocenters. The Morgan fingerprint density at radius 1 is 1.15 bits per heavy atom. The molecular weight excluding hydrogens is 346 g/mol. The zero-order valence-electron chi connectivity index (χ0n) is 14.8. The minimum absolute atomic E-state index is 0.224. The van der Waals surface area contributed by atoms with Crippen LogP contribution in [0.4, 0.5) is 10.5 Å². The molecule has 6 heteroatoms. The van der Waals surface area contributed by atoms with Crippen LogP contribution in [-0.2, 0) is 6.42 Å². The van der Waals surface area contributed by atoms with Crippen molar-refractivity contribution < 1.29 is 9.53 Å². The van der Waals surface area contributed by atoms with E-state index < -0.39 is 0 Å². The van der Waals surface area contributed by atoms with E-state index >= 15 is 0 Å². The van der Waals surface area contributed by atoms with Crippen molar-refractivity contribution in [3.05, 3.63) is 64.5 Å². The molecule has 0 aliphatic carbocycles. The van der Waals surface area contributed by atoms with Crippen molar-refractivity contribution in [3.8, 4) is 17.0 Å². The van der Waals surface area contributed by atoms with E-state index in [1.165, 1.54) is 0 Å². The monoisotopic (exact) mass is 367 g/mol. The fourth-order valence-corrected chi connectivity index (χ4v) is 3.19. The molecule has 0 bridgehead atoms. The van der Waals surface area contributed by atoms with Gasteiger partial charge < -0.3 is 15.4 Å². The number of hydrogen-bond acceptors (Lipinski definition) is 4. The van der Waals surface area contributed by atoms with Gasteiger partial charge in [-0.3, -0.25) is 0 Å². The van der Waals surface area contributed by atoms with Crippen LogP contribution in [0.1, 0.15) is 10.6 Å². The Morgan fingerprint density at radius 2 is 1.92 bits per heavy atom. The van der Waals surface area contributed by atoms with Crippen LogP contribution in [0.2, 0.25) is 0 Å². The molecule has 1 heterocycles. The van der Waals surface area contributed by atoms with Gasteiger partial charge in [-0.2, -0.15) is 0 Å². The summed E-state index contributed by atoms with van der Waals surface area (Å²) in [6.45, 7) is 2.52. The van der Waals surface area contributed by atoms with Crippen molar-refractivity contribution in [2.45, 2.75) is 13.3 Å². The van der Waals surface area contributed by atoms with Crippen molar-refractivity contribution in [2.75, 3.05) is 19.0 Å². The first-order valence-corrected chi connectivity index (χ1v) is 9.23. The molecule has 3 aromatic rings. The largest absolute Gasteiger partial charge is 0.497 e. The smallest absolute Gasteiger partial charge is 0.319 e. The van der Waals surface area contributed by atoms with Crippen molar-refractivity contribution in [1.82, 2.24) is 10.3 Å². The molecule has 0 atom stereocenters. The fraction of sp³-hybridized carbons (Fsp3) is 0.200. The molecule has 0 radical (unpaired) electrons. The number of nitrogens with one attached hydrogen (secondary N) is 2. The molecule has 1 aromatic heterocycles. The van der Waals surface area contributed by atoms with Gasteiger partial charge in [0.15, 0.2) is 0 Å². The molecule has 2 N–H and O–H groups in total. The summed E-state index contributed by atoms with van der Waals surface area (Å²) < 4.78 is 5.14. The summed E-state index contributed by atoms with van der Waals surface area (Å²) in [6, 6.07) is 15.3. The molecular formula is C20H21N3O2S. The number of nitrogens with zero attached hydrogens (tertiary/aromatic N) is 1. The maximum atomic E-state index is 12.2. The Balaban J connectivity index is 1.56. The number of methoxy groups -OCH3 is 1. The van der Waals surface area contributed by atoms with Gasteiger partial charge in [0.05, 0.1) is 23.5 Å². The molecule has 5 nitrogen and oxygen atoms in total. The summed E-state index contributed by atoms with van der Waals surface area (Å²) in [5.74, 6) is 0.827. The second kappa shape index (κ2) is 8.49. The van der Waals surface area contributed by atoms with E-state index in [4.69, 9.17) is 4.74 Å². The first-order valence-electron chi connectivity index (χ1n) is 8.35. The van der Waals surface area contributed by atoms with Gasteiger partial charge in [0, 0.05) is 17.5 Å². The Kier molecular flexibility index (Phi) is 5.86. The highest BCUT2D eigenvalue weighted by Gasteiger charge is 2.10. The summed E-state index contributed by atoms with van der Waals surface area (Å²) in [6.07, 6.45) is 0.754. The van der Waals surface area contributed by atoms with Crippen molar-refractivity contribution >= 4 is 23.1 Å². The number of rotatable bonds is 6. The van der Waals surface area contributed by atoms with Crippen LogP contribution in [0.5, 0.6) is 5.75 Å². The Bertz CT molecular complexity index is 875. The van der Waals surface area contributed by atoms with Crippen LogP contribution in [0.3, 0.4) is 0 Å². The maximum absolute atomic E-state index is 12.2. The number of aryl methyl sites for hydroxylation is 1. The predicted molar refractivity (Wildman–Crippen MR) is 106 cm³/mol. The van der Waals surface area contributed by atoms with Gasteiger partial charge in [0.1, 0.15) is 5.75 Å². The second-order valence-electron chi connectivity index (χ2n) is 5.78. The minimum atomic E-state index is -0.224. The highest BCUT2D eigenvalue weighted by Crippen LogP contribution is 2.28. The second-order valence-corrected chi connectivity index (χ2v) is 6.84. The lowest BCUT2D eigenvalue weighted by atomic mass is 10.1. The number of thiazole rings is 1. The third-order valence-corrected chi connectivity index (χ3v) is 4.70. The van der Waals surface area contributed by atoms with Gasteiger partial charge in [-0.05, 0) is 37.1 Å². The van der Waals surface area contributed by atoms with E-state index in [1.807, 2.05) is 60.8 Å². The molecule has 2 amide bonds. The van der Waals surface area contributed by atoms with E-state index in [0.29, 0.717) is 6.54 Å². The maximum Gasteiger partial charge on any atom is 0.319 e. The molecule has 0 fully saturated rings. The van der Waals surface area contributed by atoms with Crippen molar-refractivity contribution in [3.63, 3.8) is 0 Å². The van der Waals surface area contributed by atoms with Crippen LogP contribution in [0.25, 0.3) is 11.3 Å². The summed E-state index contributed by atoms with van der Waals surface area (Å²) in [5.41, 5.74) is 3.69. The van der Waals surface area contributed by atoms with E-state index in [-0.39, 0.29) is 6.03 Å². The number of hydrogen-bond donors (Lipinski definition) is 2. The molecule has 134 valence electrons. The van der Waals surface area contributed by atoms with E-state index in [1.54, 1.807) is 18.4 Å². The lowest BCUT2D eigenvalue weighted by Gasteiger charge is -2.11. The first kappa shape index (κ1) is 17.9. The van der Waals surface area contributed by atoms with E-state index in [2.05, 4.69) is 15.6 Å². The molecule has 0 aliphatic rings. The number of benzene rings is 2. The zero-order valence-corrected chi connectivity index (χ0v) is 15.6. The number of carbonyl (C=O) groups excluding carboxylic acids is 1. The lowest BCUT2D eigenvalue weighted by Crippen LogP contribution is -2.30. The van der Waals surface area contributed by atoms with Crippen LogP contribution < -0.4 is 15.4 Å². The molecule has 0 saturated heterocycles. The number of urea groups is 1. The van der Waals surface area contributed by atoms with Crippen molar-refractivity contribution in [1.29, 1.82) is 0 Å². The Morgan fingerprint density at radius 3 is 2.62 bits per heavy atom. The number of aromatic nitrogens is 1.